The van der Waals surface area contributed by atoms with Gasteiger partial charge in [-0.1, -0.05) is 54.7 Å². The predicted molar refractivity (Wildman–Crippen MR) is 116 cm³/mol. The molecule has 2 aliphatic heterocycles. The Balaban J connectivity index is 1.91. The maximum atomic E-state index is 11.8. The van der Waals surface area contributed by atoms with Gasteiger partial charge in [0, 0.05) is 18.9 Å². The van der Waals surface area contributed by atoms with Crippen molar-refractivity contribution in [2.45, 2.75) is 82.1 Å². The minimum Gasteiger partial charge on any atom is -0.460 e. The molecule has 0 radical (unpaired) electrons. The van der Waals surface area contributed by atoms with Gasteiger partial charge in [-0.05, 0) is 32.6 Å². The van der Waals surface area contributed by atoms with Crippen molar-refractivity contribution in [2.75, 3.05) is 0 Å². The van der Waals surface area contributed by atoms with Gasteiger partial charge in [-0.15, -0.1) is 0 Å². The van der Waals surface area contributed by atoms with E-state index in [0.717, 1.165) is 19.3 Å². The number of esters is 1. The van der Waals surface area contributed by atoms with Gasteiger partial charge >= 0.3 is 5.97 Å². The Morgan fingerprint density at radius 2 is 1.73 bits per heavy atom. The van der Waals surface area contributed by atoms with Gasteiger partial charge in [0.05, 0.1) is 30.5 Å². The Morgan fingerprint density at radius 3 is 2.57 bits per heavy atom. The first-order chi connectivity index (χ1) is 14.4. The maximum absolute atomic E-state index is 11.8. The monoisotopic (exact) mass is 418 g/mol. The average Bonchev–Trinajstić information content (AvgIpc) is 3.42. The van der Waals surface area contributed by atoms with Crippen LogP contribution in [0.2, 0.25) is 0 Å². The largest absolute Gasteiger partial charge is 0.460 e. The van der Waals surface area contributed by atoms with Gasteiger partial charge in [0.25, 0.3) is 0 Å². The fourth-order valence-corrected chi connectivity index (χ4v) is 3.17. The Kier molecular flexibility index (Phi) is 10.8. The number of hydrogen-bond donors (Lipinski definition) is 3. The number of hydrogen-bond acceptors (Lipinski definition) is 6. The molecule has 0 aromatic heterocycles. The molecular weight excluding hydrogens is 384 g/mol. The van der Waals surface area contributed by atoms with Gasteiger partial charge in [0.15, 0.2) is 0 Å². The Hall–Kier alpha value is -1.99. The molecule has 0 amide bonds. The number of carbonyl (C=O) groups excluding carboxylic acids is 1. The van der Waals surface area contributed by atoms with Crippen LogP contribution in [-0.2, 0) is 14.3 Å². The van der Waals surface area contributed by atoms with Crippen LogP contribution in [-0.4, -0.2) is 57.9 Å². The summed E-state index contributed by atoms with van der Waals surface area (Å²) in [5.41, 5.74) is 0. The highest BCUT2D eigenvalue weighted by Crippen LogP contribution is 2.29. The number of aliphatic hydroxyl groups excluding tert-OH is 3. The van der Waals surface area contributed by atoms with Crippen LogP contribution in [0.3, 0.4) is 0 Å². The van der Waals surface area contributed by atoms with Gasteiger partial charge in [-0.25, -0.2) is 4.79 Å². The zero-order valence-electron chi connectivity index (χ0n) is 17.5. The number of fused-ring (bicyclic) bond motifs is 1. The van der Waals surface area contributed by atoms with E-state index in [9.17, 15) is 20.1 Å². The van der Waals surface area contributed by atoms with E-state index in [-0.39, 0.29) is 30.7 Å². The van der Waals surface area contributed by atoms with Gasteiger partial charge in [0.1, 0.15) is 6.10 Å². The minimum absolute atomic E-state index is 0.0862. The highest BCUT2D eigenvalue weighted by molar-refractivity contribution is 5.82. The number of epoxide rings is 1. The van der Waals surface area contributed by atoms with Crippen LogP contribution in [0.5, 0.6) is 0 Å². The lowest BCUT2D eigenvalue weighted by Crippen LogP contribution is -2.18. The molecule has 6 heteroatoms. The van der Waals surface area contributed by atoms with E-state index in [1.165, 1.54) is 6.08 Å². The van der Waals surface area contributed by atoms with E-state index >= 15 is 0 Å². The molecule has 166 valence electrons. The van der Waals surface area contributed by atoms with E-state index in [0.29, 0.717) is 12.8 Å². The minimum atomic E-state index is -0.718. The van der Waals surface area contributed by atoms with Gasteiger partial charge in [-0.3, -0.25) is 0 Å². The second-order valence-corrected chi connectivity index (χ2v) is 7.80. The van der Waals surface area contributed by atoms with Gasteiger partial charge < -0.3 is 24.8 Å². The molecule has 0 saturated carbocycles. The van der Waals surface area contributed by atoms with Crippen molar-refractivity contribution in [1.82, 2.24) is 0 Å². The zero-order chi connectivity index (χ0) is 21.8. The summed E-state index contributed by atoms with van der Waals surface area (Å²) >= 11 is 0. The number of rotatable bonds is 0. The molecule has 6 atom stereocenters. The van der Waals surface area contributed by atoms with E-state index in [1.807, 2.05) is 19.1 Å². The van der Waals surface area contributed by atoms with Crippen molar-refractivity contribution >= 4 is 5.97 Å². The van der Waals surface area contributed by atoms with Crippen molar-refractivity contribution in [3.05, 3.63) is 60.8 Å². The molecule has 0 aromatic carbocycles. The first kappa shape index (κ1) is 24.3. The highest BCUT2D eigenvalue weighted by atomic mass is 16.6. The first-order valence-electron chi connectivity index (χ1n) is 10.7. The van der Waals surface area contributed by atoms with Crippen molar-refractivity contribution in [3.63, 3.8) is 0 Å². The molecule has 0 aliphatic carbocycles. The molecule has 3 N–H and O–H groups in total. The zero-order valence-corrected chi connectivity index (χ0v) is 17.5. The summed E-state index contributed by atoms with van der Waals surface area (Å²) in [6, 6.07) is 0. The van der Waals surface area contributed by atoms with Crippen molar-refractivity contribution in [2.24, 2.45) is 0 Å². The van der Waals surface area contributed by atoms with Crippen LogP contribution in [0.15, 0.2) is 60.8 Å². The number of carbonyl (C=O) groups is 1. The smallest absolute Gasteiger partial charge is 0.331 e. The fraction of sp³-hybridized carbons (Fsp3) is 0.542. The molecular formula is C24H34O6. The number of cyclic esters (lactones) is 1. The third-order valence-electron chi connectivity index (χ3n) is 4.90. The summed E-state index contributed by atoms with van der Waals surface area (Å²) in [5.74, 6) is -0.381. The van der Waals surface area contributed by atoms with Crippen molar-refractivity contribution < 1.29 is 29.6 Å². The topological polar surface area (TPSA) is 99.5 Å². The highest BCUT2D eigenvalue weighted by Gasteiger charge is 2.38. The van der Waals surface area contributed by atoms with Gasteiger partial charge in [0.2, 0.25) is 0 Å². The molecule has 1 saturated heterocycles. The Labute approximate surface area is 178 Å². The van der Waals surface area contributed by atoms with Crippen LogP contribution in [0.4, 0.5) is 0 Å². The standard InChI is InChI=1S/C24H34O6/c1-18-10-6-3-2-4-7-12-20(26)16-21(27)17-23-22(30-23)15-14-19(25)11-8-5-9-13-24(28)29-18/h2,4-5,7-9,12-15,18-23,25-27H,3,6,10-11,16-17H2,1H3/t18-,19+,20+,21-,22-,23+/m1/s1. The van der Waals surface area contributed by atoms with Crippen molar-refractivity contribution in [1.29, 1.82) is 0 Å². The molecule has 1 fully saturated rings. The fourth-order valence-electron chi connectivity index (χ4n) is 3.17. The summed E-state index contributed by atoms with van der Waals surface area (Å²) in [7, 11) is 0. The van der Waals surface area contributed by atoms with Crippen LogP contribution in [0.25, 0.3) is 0 Å². The number of ether oxygens (including phenoxy) is 2. The lowest BCUT2D eigenvalue weighted by molar-refractivity contribution is -0.142. The molecule has 0 spiro atoms. The average molecular weight is 419 g/mol. The van der Waals surface area contributed by atoms with E-state index in [2.05, 4.69) is 0 Å². The predicted octanol–water partition coefficient (Wildman–Crippen LogP) is 2.90. The summed E-state index contributed by atoms with van der Waals surface area (Å²) in [4.78, 5) is 11.8. The number of allylic oxidation sites excluding steroid dienone is 5. The second-order valence-electron chi connectivity index (χ2n) is 7.80. The molecule has 2 heterocycles. The lowest BCUT2D eigenvalue weighted by Gasteiger charge is -2.11. The summed E-state index contributed by atoms with van der Waals surface area (Å²) in [6.45, 7) is 1.87. The summed E-state index contributed by atoms with van der Waals surface area (Å²) in [5, 5.41) is 30.1. The quantitative estimate of drug-likeness (QED) is 0.318. The molecule has 2 rings (SSSR count). The Bertz CT molecular complexity index is 663. The third-order valence-corrected chi connectivity index (χ3v) is 4.90. The van der Waals surface area contributed by atoms with E-state index in [4.69, 9.17) is 9.47 Å². The molecule has 30 heavy (non-hydrogen) atoms. The number of aliphatic hydroxyl groups is 3. The molecule has 0 aromatic rings. The lowest BCUT2D eigenvalue weighted by atomic mass is 10.0. The van der Waals surface area contributed by atoms with Crippen molar-refractivity contribution in [3.8, 4) is 0 Å². The van der Waals surface area contributed by atoms with E-state index < -0.39 is 18.3 Å². The normalized spacial score (nSPS) is 34.7. The molecule has 0 bridgehead atoms. The molecule has 2 aliphatic rings. The molecule has 0 unspecified atom stereocenters. The summed E-state index contributed by atoms with van der Waals surface area (Å²) in [6.07, 6.45) is 18.5. The Morgan fingerprint density at radius 1 is 0.933 bits per heavy atom. The van der Waals surface area contributed by atoms with Crippen LogP contribution in [0, 0.1) is 0 Å². The van der Waals surface area contributed by atoms with Crippen LogP contribution < -0.4 is 0 Å². The van der Waals surface area contributed by atoms with Crippen LogP contribution in [0.1, 0.15) is 45.4 Å². The maximum Gasteiger partial charge on any atom is 0.331 e. The SMILES string of the molecule is C[C@@H]1CCCC=CC=C[C@H](O)C[C@@H](O)C[C@@H]2O[C@@H]2C=C[C@@H](O)CC=CC=CC(=O)O1. The van der Waals surface area contributed by atoms with E-state index in [1.54, 1.807) is 42.5 Å². The second kappa shape index (κ2) is 13.3. The van der Waals surface area contributed by atoms with Gasteiger partial charge in [-0.2, -0.15) is 0 Å². The molecule has 6 nitrogen and oxygen atoms in total. The first-order valence-corrected chi connectivity index (χ1v) is 10.7. The summed E-state index contributed by atoms with van der Waals surface area (Å²) < 4.78 is 10.8. The van der Waals surface area contributed by atoms with Crippen LogP contribution >= 0.6 is 0 Å². The third kappa shape index (κ3) is 10.7.